The molecular weight excluding hydrogens is 373 g/mol. The van der Waals surface area contributed by atoms with Gasteiger partial charge in [0.05, 0.1) is 20.1 Å². The number of alkyl halides is 1. The summed E-state index contributed by atoms with van der Waals surface area (Å²) in [4.78, 5) is 0. The van der Waals surface area contributed by atoms with Gasteiger partial charge < -0.3 is 9.59 Å². The Morgan fingerprint density at radius 2 is 1.33 bits per heavy atom. The molecule has 1 N–H and O–H groups in total. The Hall–Kier alpha value is 0.650. The maximum Gasteiger partial charge on any atom is 0.112 e. The summed E-state index contributed by atoms with van der Waals surface area (Å²) in [6, 6.07) is 0. The van der Waals surface area contributed by atoms with E-state index in [1.54, 1.807) is 0 Å². The number of rotatable bonds is 15. The van der Waals surface area contributed by atoms with E-state index in [1.165, 1.54) is 70.8 Å². The van der Waals surface area contributed by atoms with Crippen LogP contribution in [0.3, 0.4) is 0 Å². The first-order valence-electron chi connectivity index (χ1n) is 9.15. The molecule has 0 aliphatic carbocycles. The molecule has 0 radical (unpaired) electrons. The summed E-state index contributed by atoms with van der Waals surface area (Å²) >= 11 is 2.28. The second-order valence-corrected chi connectivity index (χ2v) is 7.71. The normalized spacial score (nSPS) is 15.9. The number of likely N-dealkylation sites (N-methyl/N-ethyl adjacent to an activating group) is 1. The van der Waals surface area contributed by atoms with Crippen molar-refractivity contribution in [2.24, 2.45) is 0 Å². The van der Waals surface area contributed by atoms with Crippen LogP contribution >= 0.6 is 22.6 Å². The Labute approximate surface area is 147 Å². The van der Waals surface area contributed by atoms with Crippen molar-refractivity contribution in [3.63, 3.8) is 0 Å². The predicted molar refractivity (Wildman–Crippen MR) is 103 cm³/mol. The Balaban J connectivity index is 3.51. The van der Waals surface area contributed by atoms with Gasteiger partial charge in [0.2, 0.25) is 0 Å². The molecule has 0 aliphatic rings. The van der Waals surface area contributed by atoms with E-state index in [1.807, 2.05) is 0 Å². The molecule has 0 aromatic rings. The Morgan fingerprint density at radius 3 is 1.76 bits per heavy atom. The highest BCUT2D eigenvalue weighted by atomic mass is 127. The van der Waals surface area contributed by atoms with Gasteiger partial charge in [-0.05, 0) is 19.8 Å². The average Bonchev–Trinajstić information content (AvgIpc) is 2.49. The Morgan fingerprint density at radius 1 is 0.857 bits per heavy atom. The predicted octanol–water partition coefficient (Wildman–Crippen LogP) is 5.17. The van der Waals surface area contributed by atoms with Crippen molar-refractivity contribution in [3.8, 4) is 0 Å². The first kappa shape index (κ1) is 21.6. The molecule has 0 amide bonds. The number of hydrogen-bond donors (Lipinski definition) is 1. The SMILES string of the molecule is CCCCCCCCCCCC[N+](C)(CC)CC(O)CI. The number of aliphatic hydroxyl groups excluding tert-OH is 1. The van der Waals surface area contributed by atoms with E-state index in [0.717, 1.165) is 22.0 Å². The fraction of sp³-hybridized carbons (Fsp3) is 1.00. The number of unbranched alkanes of at least 4 members (excludes halogenated alkanes) is 9. The van der Waals surface area contributed by atoms with E-state index < -0.39 is 0 Å². The highest BCUT2D eigenvalue weighted by Gasteiger charge is 2.22. The van der Waals surface area contributed by atoms with Crippen molar-refractivity contribution >= 4 is 22.6 Å². The summed E-state index contributed by atoms with van der Waals surface area (Å²) in [6.07, 6.45) is 13.8. The first-order chi connectivity index (χ1) is 10.1. The van der Waals surface area contributed by atoms with Gasteiger partial charge >= 0.3 is 0 Å². The van der Waals surface area contributed by atoms with Gasteiger partial charge in [0.25, 0.3) is 0 Å². The van der Waals surface area contributed by atoms with Crippen molar-refractivity contribution in [1.82, 2.24) is 0 Å². The van der Waals surface area contributed by atoms with Crippen LogP contribution in [0.25, 0.3) is 0 Å². The average molecular weight is 412 g/mol. The van der Waals surface area contributed by atoms with Crippen LogP contribution in [0, 0.1) is 0 Å². The summed E-state index contributed by atoms with van der Waals surface area (Å²) in [5.41, 5.74) is 0. The molecule has 2 atom stereocenters. The quantitative estimate of drug-likeness (QED) is 0.170. The minimum atomic E-state index is -0.140. The van der Waals surface area contributed by atoms with Crippen LogP contribution in [0.5, 0.6) is 0 Å². The molecule has 21 heavy (non-hydrogen) atoms. The van der Waals surface area contributed by atoms with Crippen molar-refractivity contribution < 1.29 is 9.59 Å². The van der Waals surface area contributed by atoms with Crippen molar-refractivity contribution in [1.29, 1.82) is 0 Å². The maximum absolute atomic E-state index is 9.86. The van der Waals surface area contributed by atoms with Crippen LogP contribution in [-0.2, 0) is 0 Å². The summed E-state index contributed by atoms with van der Waals surface area (Å²) < 4.78 is 1.88. The molecule has 0 aromatic carbocycles. The lowest BCUT2D eigenvalue weighted by atomic mass is 10.1. The number of aliphatic hydroxyl groups is 1. The van der Waals surface area contributed by atoms with Crippen LogP contribution in [0.2, 0.25) is 0 Å². The summed E-state index contributed by atoms with van der Waals surface area (Å²) in [7, 11) is 2.29. The third kappa shape index (κ3) is 12.8. The fourth-order valence-electron chi connectivity index (χ4n) is 2.92. The largest absolute Gasteiger partial charge is 0.386 e. The molecular formula is C18H39INO+. The van der Waals surface area contributed by atoms with Gasteiger partial charge in [-0.25, -0.2) is 0 Å². The number of hydrogen-bond acceptors (Lipinski definition) is 1. The molecule has 128 valence electrons. The van der Waals surface area contributed by atoms with Crippen molar-refractivity contribution in [2.75, 3.05) is 31.1 Å². The molecule has 0 heterocycles. The maximum atomic E-state index is 9.86. The Bertz CT molecular complexity index is 225. The lowest BCUT2D eigenvalue weighted by Crippen LogP contribution is -2.49. The molecule has 2 unspecified atom stereocenters. The smallest absolute Gasteiger partial charge is 0.112 e. The van der Waals surface area contributed by atoms with E-state index in [2.05, 4.69) is 43.5 Å². The van der Waals surface area contributed by atoms with Crippen LogP contribution in [-0.4, -0.2) is 46.8 Å². The number of nitrogens with zero attached hydrogens (tertiary/aromatic N) is 1. The standard InChI is InChI=1S/C18H39INO/c1-4-6-7-8-9-10-11-12-13-14-15-20(3,5-2)17-18(21)16-19/h18,21H,4-17H2,1-3H3/q+1. The van der Waals surface area contributed by atoms with Gasteiger partial charge in [-0.15, -0.1) is 0 Å². The first-order valence-corrected chi connectivity index (χ1v) is 10.7. The zero-order valence-electron chi connectivity index (χ0n) is 14.7. The zero-order valence-corrected chi connectivity index (χ0v) is 16.9. The van der Waals surface area contributed by atoms with Gasteiger partial charge in [0.1, 0.15) is 12.6 Å². The molecule has 0 bridgehead atoms. The summed E-state index contributed by atoms with van der Waals surface area (Å²) in [5.74, 6) is 0. The molecule has 0 rings (SSSR count). The van der Waals surface area contributed by atoms with Crippen LogP contribution in [0.15, 0.2) is 0 Å². The third-order valence-electron chi connectivity index (χ3n) is 4.64. The van der Waals surface area contributed by atoms with Gasteiger partial charge in [-0.1, -0.05) is 80.9 Å². The highest BCUT2D eigenvalue weighted by Crippen LogP contribution is 2.13. The van der Waals surface area contributed by atoms with Gasteiger partial charge in [-0.2, -0.15) is 0 Å². The van der Waals surface area contributed by atoms with Crippen LogP contribution < -0.4 is 0 Å². The van der Waals surface area contributed by atoms with E-state index in [0.29, 0.717) is 0 Å². The lowest BCUT2D eigenvalue weighted by Gasteiger charge is -2.35. The highest BCUT2D eigenvalue weighted by molar-refractivity contribution is 14.1. The second-order valence-electron chi connectivity index (χ2n) is 6.83. The number of halogens is 1. The van der Waals surface area contributed by atoms with Gasteiger partial charge in [0.15, 0.2) is 0 Å². The van der Waals surface area contributed by atoms with E-state index in [9.17, 15) is 5.11 Å². The molecule has 2 nitrogen and oxygen atoms in total. The lowest BCUT2D eigenvalue weighted by molar-refractivity contribution is -0.910. The van der Waals surface area contributed by atoms with Crippen LogP contribution in [0.4, 0.5) is 0 Å². The van der Waals surface area contributed by atoms with E-state index in [-0.39, 0.29) is 6.10 Å². The third-order valence-corrected chi connectivity index (χ3v) is 5.66. The topological polar surface area (TPSA) is 20.2 Å². The summed E-state index contributed by atoms with van der Waals surface area (Å²) in [5, 5.41) is 9.86. The van der Waals surface area contributed by atoms with Crippen molar-refractivity contribution in [2.45, 2.75) is 84.2 Å². The van der Waals surface area contributed by atoms with Crippen LogP contribution in [0.1, 0.15) is 78.1 Å². The molecule has 0 spiro atoms. The molecule has 3 heteroatoms. The van der Waals surface area contributed by atoms with Gasteiger partial charge in [-0.3, -0.25) is 0 Å². The monoisotopic (exact) mass is 412 g/mol. The number of quaternary nitrogens is 1. The summed E-state index contributed by atoms with van der Waals surface area (Å²) in [6.45, 7) is 7.79. The fourth-order valence-corrected chi connectivity index (χ4v) is 3.20. The minimum Gasteiger partial charge on any atom is -0.386 e. The zero-order chi connectivity index (χ0) is 16.0. The molecule has 0 fully saturated rings. The van der Waals surface area contributed by atoms with Crippen molar-refractivity contribution in [3.05, 3.63) is 0 Å². The van der Waals surface area contributed by atoms with Gasteiger partial charge in [0, 0.05) is 4.43 Å². The molecule has 0 saturated carbocycles. The molecule has 0 aliphatic heterocycles. The minimum absolute atomic E-state index is 0.140. The molecule has 0 saturated heterocycles. The van der Waals surface area contributed by atoms with E-state index >= 15 is 0 Å². The Kier molecular flexibility index (Phi) is 14.7. The molecule has 0 aromatic heterocycles. The van der Waals surface area contributed by atoms with E-state index in [4.69, 9.17) is 0 Å². The second kappa shape index (κ2) is 14.3.